The van der Waals surface area contributed by atoms with Gasteiger partial charge in [0.05, 0.1) is 0 Å². The van der Waals surface area contributed by atoms with E-state index in [1.54, 1.807) is 31.2 Å². The summed E-state index contributed by atoms with van der Waals surface area (Å²) in [5, 5.41) is 2.87. The number of carbonyl (C=O) groups is 2. The molecule has 3 rings (SSSR count). The van der Waals surface area contributed by atoms with E-state index in [0.29, 0.717) is 17.2 Å². The summed E-state index contributed by atoms with van der Waals surface area (Å²) in [6.45, 7) is 7.68. The average molecular weight is 395 g/mol. The molecule has 1 N–H and O–H groups in total. The average Bonchev–Trinajstić information content (AvgIpc) is 3.28. The number of ether oxygens (including phenoxy) is 1. The molecule has 2 atom stereocenters. The first-order valence-electron chi connectivity index (χ1n) is 10.5. The first-order chi connectivity index (χ1) is 14.0. The van der Waals surface area contributed by atoms with Crippen LogP contribution in [0.3, 0.4) is 0 Å². The fourth-order valence-electron chi connectivity index (χ4n) is 3.50. The third-order valence-corrected chi connectivity index (χ3v) is 5.53. The number of benzene rings is 2. The first kappa shape index (κ1) is 20.9. The van der Waals surface area contributed by atoms with Crippen LogP contribution in [0.4, 0.5) is 5.69 Å². The van der Waals surface area contributed by atoms with Crippen molar-refractivity contribution in [3.8, 4) is 5.75 Å². The van der Waals surface area contributed by atoms with Gasteiger partial charge in [-0.1, -0.05) is 32.0 Å². The molecule has 5 nitrogen and oxygen atoms in total. The Morgan fingerprint density at radius 1 is 1.03 bits per heavy atom. The van der Waals surface area contributed by atoms with Crippen molar-refractivity contribution in [3.05, 3.63) is 59.7 Å². The predicted octanol–water partition coefficient (Wildman–Crippen LogP) is 4.84. The second-order valence-electron chi connectivity index (χ2n) is 7.67. The number of nitrogens with zero attached hydrogens (tertiary/aromatic N) is 1. The van der Waals surface area contributed by atoms with E-state index in [0.717, 1.165) is 43.7 Å². The zero-order valence-corrected chi connectivity index (χ0v) is 17.5. The Morgan fingerprint density at radius 3 is 2.34 bits per heavy atom. The van der Waals surface area contributed by atoms with Gasteiger partial charge >= 0.3 is 0 Å². The van der Waals surface area contributed by atoms with Gasteiger partial charge in [0.1, 0.15) is 5.75 Å². The number of rotatable bonds is 7. The van der Waals surface area contributed by atoms with Gasteiger partial charge in [-0.15, -0.1) is 0 Å². The minimum atomic E-state index is -0.633. The Bertz CT molecular complexity index is 841. The molecule has 0 aliphatic carbocycles. The predicted molar refractivity (Wildman–Crippen MR) is 115 cm³/mol. The summed E-state index contributed by atoms with van der Waals surface area (Å²) >= 11 is 0. The van der Waals surface area contributed by atoms with Crippen LogP contribution in [-0.2, 0) is 4.79 Å². The van der Waals surface area contributed by atoms with Gasteiger partial charge in [0.2, 0.25) is 0 Å². The Labute approximate surface area is 173 Å². The quantitative estimate of drug-likeness (QED) is 0.731. The Hall–Kier alpha value is -2.82. The van der Waals surface area contributed by atoms with Gasteiger partial charge in [0.15, 0.2) is 6.10 Å². The van der Waals surface area contributed by atoms with Crippen molar-refractivity contribution >= 4 is 17.5 Å². The van der Waals surface area contributed by atoms with Crippen molar-refractivity contribution < 1.29 is 14.3 Å². The minimum Gasteiger partial charge on any atom is -0.481 e. The van der Waals surface area contributed by atoms with Crippen LogP contribution in [0, 0.1) is 0 Å². The van der Waals surface area contributed by atoms with Crippen LogP contribution in [0.15, 0.2) is 48.5 Å². The lowest BCUT2D eigenvalue weighted by molar-refractivity contribution is -0.122. The number of amides is 2. The van der Waals surface area contributed by atoms with Gasteiger partial charge in [0.25, 0.3) is 11.8 Å². The van der Waals surface area contributed by atoms with E-state index in [2.05, 4.69) is 19.2 Å². The highest BCUT2D eigenvalue weighted by Gasteiger charge is 2.20. The summed E-state index contributed by atoms with van der Waals surface area (Å²) in [6, 6.07) is 14.9. The highest BCUT2D eigenvalue weighted by Crippen LogP contribution is 2.29. The molecule has 2 aromatic carbocycles. The second kappa shape index (κ2) is 9.59. The Kier molecular flexibility index (Phi) is 6.91. The number of anilines is 1. The molecule has 1 fully saturated rings. The normalized spacial score (nSPS) is 15.6. The van der Waals surface area contributed by atoms with Gasteiger partial charge in [-0.3, -0.25) is 9.59 Å². The summed E-state index contributed by atoms with van der Waals surface area (Å²) in [6.07, 6.45) is 2.50. The minimum absolute atomic E-state index is 0.0544. The third-order valence-electron chi connectivity index (χ3n) is 5.53. The van der Waals surface area contributed by atoms with Crippen LogP contribution in [0.25, 0.3) is 0 Å². The third kappa shape index (κ3) is 5.17. The molecule has 1 saturated heterocycles. The Balaban J connectivity index is 1.61. The van der Waals surface area contributed by atoms with E-state index in [1.165, 1.54) is 0 Å². The van der Waals surface area contributed by atoms with E-state index in [4.69, 9.17) is 4.74 Å². The molecule has 0 saturated carbocycles. The Morgan fingerprint density at radius 2 is 1.69 bits per heavy atom. The molecule has 0 spiro atoms. The van der Waals surface area contributed by atoms with E-state index in [9.17, 15) is 9.59 Å². The second-order valence-corrected chi connectivity index (χ2v) is 7.67. The molecule has 29 heavy (non-hydrogen) atoms. The number of hydrogen-bond donors (Lipinski definition) is 1. The van der Waals surface area contributed by atoms with Crippen molar-refractivity contribution in [3.63, 3.8) is 0 Å². The van der Waals surface area contributed by atoms with Crippen LogP contribution >= 0.6 is 0 Å². The lowest BCUT2D eigenvalue weighted by Gasteiger charge is -2.20. The zero-order valence-electron chi connectivity index (χ0n) is 17.5. The summed E-state index contributed by atoms with van der Waals surface area (Å²) in [5.74, 6) is 0.944. The van der Waals surface area contributed by atoms with E-state index < -0.39 is 6.10 Å². The monoisotopic (exact) mass is 394 g/mol. The van der Waals surface area contributed by atoms with Gasteiger partial charge in [-0.25, -0.2) is 0 Å². The van der Waals surface area contributed by atoms with Gasteiger partial charge < -0.3 is 15.0 Å². The summed E-state index contributed by atoms with van der Waals surface area (Å²) < 4.78 is 5.96. The lowest BCUT2D eigenvalue weighted by atomic mass is 9.98. The van der Waals surface area contributed by atoms with Crippen LogP contribution in [0.2, 0.25) is 0 Å². The van der Waals surface area contributed by atoms with Gasteiger partial charge in [-0.05, 0) is 68.0 Å². The SMILES string of the molecule is CCC(C)c1ccccc1OC(C)C(=O)Nc1ccc(C(=O)N2CCCC2)cc1. The maximum absolute atomic E-state index is 12.6. The smallest absolute Gasteiger partial charge is 0.265 e. The van der Waals surface area contributed by atoms with E-state index >= 15 is 0 Å². The summed E-state index contributed by atoms with van der Waals surface area (Å²) in [4.78, 5) is 26.9. The standard InChI is InChI=1S/C24H30N2O3/c1-4-17(2)21-9-5-6-10-22(21)29-18(3)23(27)25-20-13-11-19(12-14-20)24(28)26-15-7-8-16-26/h5-6,9-14,17-18H,4,7-8,15-16H2,1-3H3,(H,25,27). The highest BCUT2D eigenvalue weighted by molar-refractivity contribution is 5.97. The molecule has 5 heteroatoms. The van der Waals surface area contributed by atoms with Crippen molar-refractivity contribution in [2.24, 2.45) is 0 Å². The molecule has 154 valence electrons. The molecule has 2 aromatic rings. The molecule has 0 radical (unpaired) electrons. The number of para-hydroxylation sites is 1. The number of nitrogens with one attached hydrogen (secondary N) is 1. The van der Waals surface area contributed by atoms with Crippen LogP contribution in [-0.4, -0.2) is 35.9 Å². The molecular formula is C24H30N2O3. The molecule has 1 aliphatic rings. The van der Waals surface area contributed by atoms with Crippen molar-refractivity contribution in [1.29, 1.82) is 0 Å². The molecule has 2 amide bonds. The fraction of sp³-hybridized carbons (Fsp3) is 0.417. The lowest BCUT2D eigenvalue weighted by Crippen LogP contribution is -2.30. The largest absolute Gasteiger partial charge is 0.481 e. The first-order valence-corrected chi connectivity index (χ1v) is 10.5. The molecular weight excluding hydrogens is 364 g/mol. The number of carbonyl (C=O) groups excluding carboxylic acids is 2. The van der Waals surface area contributed by atoms with Crippen molar-refractivity contribution in [2.45, 2.75) is 52.1 Å². The van der Waals surface area contributed by atoms with Gasteiger partial charge in [-0.2, -0.15) is 0 Å². The molecule has 2 unspecified atom stereocenters. The summed E-state index contributed by atoms with van der Waals surface area (Å²) in [5.41, 5.74) is 2.41. The van der Waals surface area contributed by atoms with E-state index in [1.807, 2.05) is 29.2 Å². The van der Waals surface area contributed by atoms with Crippen molar-refractivity contribution in [1.82, 2.24) is 4.90 Å². The van der Waals surface area contributed by atoms with Gasteiger partial charge in [0, 0.05) is 24.3 Å². The van der Waals surface area contributed by atoms with Crippen LogP contribution in [0.1, 0.15) is 61.9 Å². The fourth-order valence-corrected chi connectivity index (χ4v) is 3.50. The zero-order chi connectivity index (χ0) is 20.8. The van der Waals surface area contributed by atoms with Crippen LogP contribution in [0.5, 0.6) is 5.75 Å². The van der Waals surface area contributed by atoms with E-state index in [-0.39, 0.29) is 11.8 Å². The number of hydrogen-bond acceptors (Lipinski definition) is 3. The summed E-state index contributed by atoms with van der Waals surface area (Å²) in [7, 11) is 0. The highest BCUT2D eigenvalue weighted by atomic mass is 16.5. The maximum Gasteiger partial charge on any atom is 0.265 e. The van der Waals surface area contributed by atoms with Crippen molar-refractivity contribution in [2.75, 3.05) is 18.4 Å². The topological polar surface area (TPSA) is 58.6 Å². The number of likely N-dealkylation sites (tertiary alicyclic amines) is 1. The molecule has 1 heterocycles. The molecule has 0 aromatic heterocycles. The molecule has 1 aliphatic heterocycles. The van der Waals surface area contributed by atoms with Crippen LogP contribution < -0.4 is 10.1 Å². The maximum atomic E-state index is 12.6. The molecule has 0 bridgehead atoms.